The third-order valence-corrected chi connectivity index (χ3v) is 5.34. The second-order valence-electron chi connectivity index (χ2n) is 4.43. The normalized spacial score (nSPS) is 23.9. The largest absolute Gasteiger partial charge is 0.305 e. The van der Waals surface area contributed by atoms with Gasteiger partial charge >= 0.3 is 0 Å². The fourth-order valence-electron chi connectivity index (χ4n) is 2.04. The lowest BCUT2D eigenvalue weighted by Crippen LogP contribution is -2.47. The van der Waals surface area contributed by atoms with Gasteiger partial charge in [0.15, 0.2) is 0 Å². The summed E-state index contributed by atoms with van der Waals surface area (Å²) < 4.78 is 25.4. The Morgan fingerprint density at radius 3 is 2.75 bits per heavy atom. The SMILES string of the molecule is CN1CCCC(N(C)S(=O)(=O)CCCCl)C1. The van der Waals surface area contributed by atoms with Gasteiger partial charge in [-0.25, -0.2) is 12.7 Å². The average Bonchev–Trinajstić information content (AvgIpc) is 2.25. The average molecular weight is 269 g/mol. The van der Waals surface area contributed by atoms with Gasteiger partial charge in [-0.1, -0.05) is 0 Å². The summed E-state index contributed by atoms with van der Waals surface area (Å²) in [4.78, 5) is 2.18. The zero-order chi connectivity index (χ0) is 12.2. The topological polar surface area (TPSA) is 40.6 Å². The highest BCUT2D eigenvalue weighted by molar-refractivity contribution is 7.89. The molecule has 0 amide bonds. The van der Waals surface area contributed by atoms with Crippen LogP contribution in [0, 0.1) is 0 Å². The first-order valence-electron chi connectivity index (χ1n) is 5.67. The van der Waals surface area contributed by atoms with Crippen molar-refractivity contribution in [2.24, 2.45) is 0 Å². The lowest BCUT2D eigenvalue weighted by Gasteiger charge is -2.35. The van der Waals surface area contributed by atoms with Crippen molar-refractivity contribution in [1.29, 1.82) is 0 Å². The minimum absolute atomic E-state index is 0.124. The van der Waals surface area contributed by atoms with E-state index in [4.69, 9.17) is 11.6 Å². The first-order chi connectivity index (χ1) is 7.47. The first kappa shape index (κ1) is 14.2. The lowest BCUT2D eigenvalue weighted by molar-refractivity contribution is 0.187. The van der Waals surface area contributed by atoms with Crippen molar-refractivity contribution in [2.45, 2.75) is 25.3 Å². The summed E-state index contributed by atoms with van der Waals surface area (Å²) in [6, 6.07) is 0.124. The van der Waals surface area contributed by atoms with Gasteiger partial charge in [0, 0.05) is 25.5 Å². The van der Waals surface area contributed by atoms with Crippen LogP contribution in [0.15, 0.2) is 0 Å². The molecule has 1 saturated heterocycles. The maximum absolute atomic E-state index is 11.9. The molecule has 0 radical (unpaired) electrons. The van der Waals surface area contributed by atoms with Crippen LogP contribution in [0.3, 0.4) is 0 Å². The number of sulfonamides is 1. The van der Waals surface area contributed by atoms with Gasteiger partial charge in [0.2, 0.25) is 10.0 Å². The molecule has 4 nitrogen and oxygen atoms in total. The minimum Gasteiger partial charge on any atom is -0.305 e. The highest BCUT2D eigenvalue weighted by Gasteiger charge is 2.28. The van der Waals surface area contributed by atoms with Crippen LogP contribution in [0.5, 0.6) is 0 Å². The molecule has 0 N–H and O–H groups in total. The van der Waals surface area contributed by atoms with E-state index in [0.717, 1.165) is 25.9 Å². The van der Waals surface area contributed by atoms with Gasteiger partial charge in [0.25, 0.3) is 0 Å². The molecule has 1 aliphatic heterocycles. The summed E-state index contributed by atoms with van der Waals surface area (Å²) >= 11 is 5.53. The molecule has 16 heavy (non-hydrogen) atoms. The molecule has 1 fully saturated rings. The van der Waals surface area contributed by atoms with Crippen molar-refractivity contribution in [3.8, 4) is 0 Å². The van der Waals surface area contributed by atoms with Gasteiger partial charge in [0.05, 0.1) is 5.75 Å². The molecule has 1 aliphatic rings. The molecular formula is C10H21ClN2O2S. The van der Waals surface area contributed by atoms with Crippen LogP contribution in [0.2, 0.25) is 0 Å². The smallest absolute Gasteiger partial charge is 0.214 e. The molecule has 1 atom stereocenters. The van der Waals surface area contributed by atoms with Crippen LogP contribution in [0.1, 0.15) is 19.3 Å². The monoisotopic (exact) mass is 268 g/mol. The number of piperidine rings is 1. The molecule has 1 unspecified atom stereocenters. The Morgan fingerprint density at radius 2 is 2.19 bits per heavy atom. The molecule has 0 saturated carbocycles. The van der Waals surface area contributed by atoms with Gasteiger partial charge in [-0.3, -0.25) is 0 Å². The molecule has 1 rings (SSSR count). The minimum atomic E-state index is -3.12. The van der Waals surface area contributed by atoms with Crippen molar-refractivity contribution in [1.82, 2.24) is 9.21 Å². The van der Waals surface area contributed by atoms with Crippen molar-refractivity contribution in [2.75, 3.05) is 38.8 Å². The molecule has 0 spiro atoms. The van der Waals surface area contributed by atoms with E-state index in [-0.39, 0.29) is 11.8 Å². The highest BCUT2D eigenvalue weighted by Crippen LogP contribution is 2.16. The Balaban J connectivity index is 2.58. The summed E-state index contributed by atoms with van der Waals surface area (Å²) in [5.74, 6) is 0.560. The summed E-state index contributed by atoms with van der Waals surface area (Å²) in [6.45, 7) is 1.89. The predicted octanol–water partition coefficient (Wildman–Crippen LogP) is 0.971. The summed E-state index contributed by atoms with van der Waals surface area (Å²) in [5.41, 5.74) is 0. The van der Waals surface area contributed by atoms with Crippen molar-refractivity contribution in [3.05, 3.63) is 0 Å². The second-order valence-corrected chi connectivity index (χ2v) is 6.96. The lowest BCUT2D eigenvalue weighted by atomic mass is 10.1. The quantitative estimate of drug-likeness (QED) is 0.698. The van der Waals surface area contributed by atoms with Crippen LogP contribution in [0.25, 0.3) is 0 Å². The molecule has 6 heteroatoms. The Kier molecular flexibility index (Phi) is 5.50. The molecule has 0 aliphatic carbocycles. The Morgan fingerprint density at radius 1 is 1.50 bits per heavy atom. The number of nitrogens with zero attached hydrogens (tertiary/aromatic N) is 2. The van der Waals surface area contributed by atoms with E-state index in [2.05, 4.69) is 4.90 Å². The molecule has 0 aromatic heterocycles. The van der Waals surface area contributed by atoms with Crippen LogP contribution < -0.4 is 0 Å². The maximum atomic E-state index is 11.9. The number of hydrogen-bond acceptors (Lipinski definition) is 3. The van der Waals surface area contributed by atoms with E-state index >= 15 is 0 Å². The Labute approximate surface area is 104 Å². The molecule has 0 bridgehead atoms. The van der Waals surface area contributed by atoms with Crippen molar-refractivity contribution >= 4 is 21.6 Å². The Bertz CT molecular complexity index is 308. The van der Waals surface area contributed by atoms with Gasteiger partial charge < -0.3 is 4.90 Å². The van der Waals surface area contributed by atoms with Crippen LogP contribution in [0.4, 0.5) is 0 Å². The summed E-state index contributed by atoms with van der Waals surface area (Å²) in [6.07, 6.45) is 2.55. The van der Waals surface area contributed by atoms with E-state index < -0.39 is 10.0 Å². The second kappa shape index (κ2) is 6.19. The van der Waals surface area contributed by atoms with E-state index in [9.17, 15) is 8.42 Å². The number of halogens is 1. The summed E-state index contributed by atoms with van der Waals surface area (Å²) in [7, 11) is 0.598. The fourth-order valence-corrected chi connectivity index (χ4v) is 3.76. The number of hydrogen-bond donors (Lipinski definition) is 0. The Hall–Kier alpha value is 0.160. The first-order valence-corrected chi connectivity index (χ1v) is 7.82. The van der Waals surface area contributed by atoms with Crippen molar-refractivity contribution < 1.29 is 8.42 Å². The zero-order valence-corrected chi connectivity index (χ0v) is 11.6. The van der Waals surface area contributed by atoms with Crippen LogP contribution in [-0.2, 0) is 10.0 Å². The molecular weight excluding hydrogens is 248 g/mol. The van der Waals surface area contributed by atoms with Crippen LogP contribution in [-0.4, -0.2) is 62.5 Å². The maximum Gasteiger partial charge on any atom is 0.214 e. The van der Waals surface area contributed by atoms with E-state index in [1.807, 2.05) is 7.05 Å². The third kappa shape index (κ3) is 3.87. The van der Waals surface area contributed by atoms with Gasteiger partial charge in [-0.2, -0.15) is 0 Å². The molecule has 0 aromatic carbocycles. The fraction of sp³-hybridized carbons (Fsp3) is 1.00. The van der Waals surface area contributed by atoms with Gasteiger partial charge in [-0.15, -0.1) is 11.6 Å². The highest BCUT2D eigenvalue weighted by atomic mass is 35.5. The zero-order valence-electron chi connectivity index (χ0n) is 10.0. The third-order valence-electron chi connectivity index (χ3n) is 3.09. The number of alkyl halides is 1. The predicted molar refractivity (Wildman–Crippen MR) is 67.4 cm³/mol. The summed E-state index contributed by atoms with van der Waals surface area (Å²) in [5, 5.41) is 0. The van der Waals surface area contributed by atoms with E-state index in [0.29, 0.717) is 12.3 Å². The van der Waals surface area contributed by atoms with E-state index in [1.165, 1.54) is 4.31 Å². The van der Waals surface area contributed by atoms with Gasteiger partial charge in [0.1, 0.15) is 0 Å². The number of likely N-dealkylation sites (tertiary alicyclic amines) is 1. The molecule has 0 aromatic rings. The molecule has 96 valence electrons. The standard InChI is InChI=1S/C10H21ClN2O2S/c1-12-7-3-5-10(9-12)13(2)16(14,15)8-4-6-11/h10H,3-9H2,1-2H3. The van der Waals surface area contributed by atoms with E-state index in [1.54, 1.807) is 7.05 Å². The van der Waals surface area contributed by atoms with Gasteiger partial charge in [-0.05, 0) is 32.9 Å². The molecule has 1 heterocycles. The van der Waals surface area contributed by atoms with Crippen molar-refractivity contribution in [3.63, 3.8) is 0 Å². The van der Waals surface area contributed by atoms with Crippen LogP contribution >= 0.6 is 11.6 Å². The number of likely N-dealkylation sites (N-methyl/N-ethyl adjacent to an activating group) is 2. The number of rotatable bonds is 5.